The van der Waals surface area contributed by atoms with Crippen LogP contribution in [0.2, 0.25) is 10.0 Å². The van der Waals surface area contributed by atoms with E-state index in [1.807, 2.05) is 0 Å². The minimum Gasteiger partial charge on any atom is -0.495 e. The zero-order valence-electron chi connectivity index (χ0n) is 11.1. The van der Waals surface area contributed by atoms with Crippen LogP contribution in [0, 0.1) is 5.82 Å². The fourth-order valence-electron chi connectivity index (χ4n) is 1.79. The summed E-state index contributed by atoms with van der Waals surface area (Å²) in [6, 6.07) is 9.06. The van der Waals surface area contributed by atoms with Gasteiger partial charge in [0.15, 0.2) is 0 Å². The Morgan fingerprint density at radius 3 is 2.62 bits per heavy atom. The minimum atomic E-state index is -0.509. The van der Waals surface area contributed by atoms with E-state index < -0.39 is 5.82 Å². The average molecular weight is 328 g/mol. The normalized spacial score (nSPS) is 10.3. The number of halogens is 3. The van der Waals surface area contributed by atoms with Gasteiger partial charge in [0.05, 0.1) is 18.6 Å². The van der Waals surface area contributed by atoms with Crippen LogP contribution in [0.4, 0.5) is 10.1 Å². The molecule has 1 amide bonds. The number of rotatable bonds is 4. The average Bonchev–Trinajstić information content (AvgIpc) is 2.42. The lowest BCUT2D eigenvalue weighted by atomic mass is 10.1. The molecule has 0 saturated carbocycles. The van der Waals surface area contributed by atoms with Gasteiger partial charge in [-0.3, -0.25) is 4.79 Å². The molecule has 0 fully saturated rings. The van der Waals surface area contributed by atoms with Crippen molar-refractivity contribution in [1.82, 2.24) is 0 Å². The molecule has 0 spiro atoms. The van der Waals surface area contributed by atoms with Gasteiger partial charge in [-0.05, 0) is 35.9 Å². The summed E-state index contributed by atoms with van der Waals surface area (Å²) in [5, 5.41) is 3.32. The molecule has 110 valence electrons. The van der Waals surface area contributed by atoms with Crippen molar-refractivity contribution < 1.29 is 13.9 Å². The van der Waals surface area contributed by atoms with Crippen molar-refractivity contribution >= 4 is 34.8 Å². The van der Waals surface area contributed by atoms with Crippen LogP contribution < -0.4 is 10.1 Å². The first-order valence-electron chi connectivity index (χ1n) is 6.07. The van der Waals surface area contributed by atoms with Crippen molar-refractivity contribution in [3.05, 3.63) is 57.8 Å². The molecule has 2 aromatic rings. The molecule has 0 unspecified atom stereocenters. The van der Waals surface area contributed by atoms with E-state index in [4.69, 9.17) is 27.9 Å². The number of hydrogen-bond donors (Lipinski definition) is 1. The summed E-state index contributed by atoms with van der Waals surface area (Å²) in [6.07, 6.45) is -0.0906. The van der Waals surface area contributed by atoms with Crippen molar-refractivity contribution in [2.45, 2.75) is 6.42 Å². The Morgan fingerprint density at radius 1 is 1.24 bits per heavy atom. The number of ether oxygens (including phenoxy) is 1. The van der Waals surface area contributed by atoms with Gasteiger partial charge in [-0.25, -0.2) is 4.39 Å². The molecular weight excluding hydrogens is 316 g/mol. The molecule has 1 N–H and O–H groups in total. The van der Waals surface area contributed by atoms with Gasteiger partial charge < -0.3 is 10.1 Å². The largest absolute Gasteiger partial charge is 0.495 e. The second kappa shape index (κ2) is 6.78. The molecule has 0 aliphatic heterocycles. The van der Waals surface area contributed by atoms with E-state index in [0.717, 1.165) is 0 Å². The van der Waals surface area contributed by atoms with Gasteiger partial charge in [-0.15, -0.1) is 0 Å². The number of methoxy groups -OCH3 is 1. The first-order chi connectivity index (χ1) is 9.99. The molecule has 2 aromatic carbocycles. The van der Waals surface area contributed by atoms with E-state index in [2.05, 4.69) is 5.32 Å². The van der Waals surface area contributed by atoms with Crippen molar-refractivity contribution in [3.63, 3.8) is 0 Å². The molecule has 0 radical (unpaired) electrons. The highest BCUT2D eigenvalue weighted by Crippen LogP contribution is 2.27. The van der Waals surface area contributed by atoms with E-state index in [1.54, 1.807) is 18.2 Å². The predicted molar refractivity (Wildman–Crippen MR) is 81.7 cm³/mol. The Hall–Kier alpha value is -1.78. The highest BCUT2D eigenvalue weighted by molar-refractivity contribution is 6.32. The molecule has 6 heteroatoms. The Bertz CT molecular complexity index is 677. The van der Waals surface area contributed by atoms with Gasteiger partial charge >= 0.3 is 0 Å². The number of benzene rings is 2. The third-order valence-corrected chi connectivity index (χ3v) is 3.33. The number of nitrogens with one attached hydrogen (secondary N) is 1. The third kappa shape index (κ3) is 4.09. The van der Waals surface area contributed by atoms with Gasteiger partial charge in [0.2, 0.25) is 5.91 Å². The number of carbonyl (C=O) groups excluding carboxylic acids is 1. The van der Waals surface area contributed by atoms with Crippen LogP contribution >= 0.6 is 23.2 Å². The molecule has 0 aromatic heterocycles. The highest BCUT2D eigenvalue weighted by Gasteiger charge is 2.10. The highest BCUT2D eigenvalue weighted by atomic mass is 35.5. The van der Waals surface area contributed by atoms with Crippen LogP contribution in [0.5, 0.6) is 5.75 Å². The molecular formula is C15H12Cl2FNO2. The molecule has 0 aliphatic rings. The van der Waals surface area contributed by atoms with Crippen molar-refractivity contribution in [1.29, 1.82) is 0 Å². The predicted octanol–water partition coefficient (Wildman–Crippen LogP) is 4.32. The Balaban J connectivity index is 2.06. The van der Waals surface area contributed by atoms with E-state index in [-0.39, 0.29) is 17.9 Å². The summed E-state index contributed by atoms with van der Waals surface area (Å²) < 4.78 is 18.6. The van der Waals surface area contributed by atoms with Crippen LogP contribution in [0.3, 0.4) is 0 Å². The van der Waals surface area contributed by atoms with E-state index in [0.29, 0.717) is 21.5 Å². The van der Waals surface area contributed by atoms with Gasteiger partial charge in [0.1, 0.15) is 11.6 Å². The lowest BCUT2D eigenvalue weighted by Gasteiger charge is -2.08. The lowest BCUT2D eigenvalue weighted by Crippen LogP contribution is -2.15. The van der Waals surface area contributed by atoms with Crippen LogP contribution in [-0.2, 0) is 11.2 Å². The quantitative estimate of drug-likeness (QED) is 0.908. The summed E-state index contributed by atoms with van der Waals surface area (Å²) in [7, 11) is 1.50. The van der Waals surface area contributed by atoms with Gasteiger partial charge in [0.25, 0.3) is 0 Å². The molecule has 0 heterocycles. The molecule has 0 atom stereocenters. The third-order valence-electron chi connectivity index (χ3n) is 2.80. The Kier molecular flexibility index (Phi) is 5.04. The summed E-state index contributed by atoms with van der Waals surface area (Å²) in [5.41, 5.74) is 0.789. The van der Waals surface area contributed by atoms with Crippen LogP contribution in [0.1, 0.15) is 5.56 Å². The molecule has 3 nitrogen and oxygen atoms in total. The van der Waals surface area contributed by atoms with Crippen LogP contribution in [0.25, 0.3) is 0 Å². The van der Waals surface area contributed by atoms with E-state index in [1.165, 1.54) is 25.3 Å². The fraction of sp³-hybridized carbons (Fsp3) is 0.133. The second-order valence-corrected chi connectivity index (χ2v) is 5.15. The van der Waals surface area contributed by atoms with Gasteiger partial charge in [-0.1, -0.05) is 29.3 Å². The molecule has 0 saturated heterocycles. The van der Waals surface area contributed by atoms with Crippen molar-refractivity contribution in [2.75, 3.05) is 12.4 Å². The molecule has 0 bridgehead atoms. The molecule has 2 rings (SSSR count). The summed E-state index contributed by atoms with van der Waals surface area (Å²) in [5.74, 6) is -0.346. The zero-order valence-corrected chi connectivity index (χ0v) is 12.6. The SMILES string of the molecule is COc1ccc(NC(=O)Cc2ccc(Cl)cc2F)cc1Cl. The zero-order chi connectivity index (χ0) is 15.4. The summed E-state index contributed by atoms with van der Waals surface area (Å²) in [6.45, 7) is 0. The summed E-state index contributed by atoms with van der Waals surface area (Å²) in [4.78, 5) is 11.9. The van der Waals surface area contributed by atoms with Gasteiger partial charge in [-0.2, -0.15) is 0 Å². The van der Waals surface area contributed by atoms with E-state index >= 15 is 0 Å². The number of amides is 1. The van der Waals surface area contributed by atoms with Crippen molar-refractivity contribution in [2.24, 2.45) is 0 Å². The van der Waals surface area contributed by atoms with Crippen LogP contribution in [0.15, 0.2) is 36.4 Å². The standard InChI is InChI=1S/C15H12Cl2FNO2/c1-21-14-5-4-11(8-12(14)17)19-15(20)6-9-2-3-10(16)7-13(9)18/h2-5,7-8H,6H2,1H3,(H,19,20). The van der Waals surface area contributed by atoms with Gasteiger partial charge in [0, 0.05) is 10.7 Å². The molecule has 21 heavy (non-hydrogen) atoms. The van der Waals surface area contributed by atoms with Crippen molar-refractivity contribution in [3.8, 4) is 5.75 Å². The Morgan fingerprint density at radius 2 is 2.00 bits per heavy atom. The number of anilines is 1. The minimum absolute atomic E-state index is 0.0906. The maximum absolute atomic E-state index is 13.6. The fourth-order valence-corrected chi connectivity index (χ4v) is 2.20. The lowest BCUT2D eigenvalue weighted by molar-refractivity contribution is -0.115. The first-order valence-corrected chi connectivity index (χ1v) is 6.82. The van der Waals surface area contributed by atoms with Crippen LogP contribution in [-0.4, -0.2) is 13.0 Å². The number of hydrogen-bond acceptors (Lipinski definition) is 2. The second-order valence-electron chi connectivity index (χ2n) is 4.31. The maximum atomic E-state index is 13.6. The topological polar surface area (TPSA) is 38.3 Å². The summed E-state index contributed by atoms with van der Waals surface area (Å²) >= 11 is 11.6. The smallest absolute Gasteiger partial charge is 0.228 e. The Labute approximate surface area is 131 Å². The van der Waals surface area contributed by atoms with E-state index in [9.17, 15) is 9.18 Å². The maximum Gasteiger partial charge on any atom is 0.228 e. The first kappa shape index (κ1) is 15.6. The monoisotopic (exact) mass is 327 g/mol. The number of carbonyl (C=O) groups is 1. The molecule has 0 aliphatic carbocycles.